The van der Waals surface area contributed by atoms with Gasteiger partial charge < -0.3 is 21.1 Å². The van der Waals surface area contributed by atoms with Gasteiger partial charge in [-0.15, -0.1) is 0 Å². The normalized spacial score (nSPS) is 11.5. The van der Waals surface area contributed by atoms with Crippen LogP contribution in [0.15, 0.2) is 35.0 Å². The van der Waals surface area contributed by atoms with Crippen LogP contribution in [0.1, 0.15) is 26.5 Å². The number of hydrogen-bond acceptors (Lipinski definition) is 8. The summed E-state index contributed by atoms with van der Waals surface area (Å²) in [6, 6.07) is 9.34. The summed E-state index contributed by atoms with van der Waals surface area (Å²) in [5, 5.41) is 17.6. The Labute approximate surface area is 172 Å². The standard InChI is InChI=1S/C21H21N7O2/c1-4-28-16-11-15(12-5-7-13(22)8-6-12)24-14(9-10-21(2,3)29)17(16)25-20(28)18-19(23)27-30-26-18/h5-8,11,29H,4,22H2,1-3H3,(H2,23,27). The van der Waals surface area contributed by atoms with Crippen LogP contribution in [-0.4, -0.2) is 35.6 Å². The van der Waals surface area contributed by atoms with Crippen LogP contribution < -0.4 is 11.5 Å². The van der Waals surface area contributed by atoms with E-state index in [0.717, 1.165) is 11.1 Å². The molecule has 3 heterocycles. The van der Waals surface area contributed by atoms with Crippen molar-refractivity contribution in [3.05, 3.63) is 36.0 Å². The average molecular weight is 403 g/mol. The first-order valence-electron chi connectivity index (χ1n) is 9.38. The molecule has 0 unspecified atom stereocenters. The molecule has 4 rings (SSSR count). The molecule has 9 heteroatoms. The lowest BCUT2D eigenvalue weighted by Crippen LogP contribution is -2.14. The zero-order valence-electron chi connectivity index (χ0n) is 16.8. The Balaban J connectivity index is 2.03. The van der Waals surface area contributed by atoms with Gasteiger partial charge in [0.1, 0.15) is 16.8 Å². The number of pyridine rings is 1. The Hall–Kier alpha value is -3.90. The van der Waals surface area contributed by atoms with E-state index in [0.29, 0.717) is 40.7 Å². The Morgan fingerprint density at radius 2 is 1.87 bits per heavy atom. The van der Waals surface area contributed by atoms with Gasteiger partial charge in [-0.25, -0.2) is 14.6 Å². The van der Waals surface area contributed by atoms with Crippen molar-refractivity contribution in [2.75, 3.05) is 11.5 Å². The van der Waals surface area contributed by atoms with E-state index in [1.165, 1.54) is 0 Å². The van der Waals surface area contributed by atoms with Crippen molar-refractivity contribution in [1.82, 2.24) is 24.8 Å². The van der Waals surface area contributed by atoms with Gasteiger partial charge in [0.25, 0.3) is 0 Å². The number of hydrogen-bond donors (Lipinski definition) is 3. The Morgan fingerprint density at radius 1 is 1.13 bits per heavy atom. The molecule has 4 aromatic rings. The number of nitrogens with zero attached hydrogens (tertiary/aromatic N) is 5. The molecule has 0 saturated carbocycles. The molecule has 152 valence electrons. The summed E-state index contributed by atoms with van der Waals surface area (Å²) in [6.07, 6.45) is 0. The number of rotatable bonds is 3. The molecule has 5 N–H and O–H groups in total. The first-order valence-corrected chi connectivity index (χ1v) is 9.38. The summed E-state index contributed by atoms with van der Waals surface area (Å²) in [4.78, 5) is 9.39. The highest BCUT2D eigenvalue weighted by Gasteiger charge is 2.21. The molecule has 9 nitrogen and oxygen atoms in total. The minimum atomic E-state index is -1.18. The van der Waals surface area contributed by atoms with Gasteiger partial charge in [0, 0.05) is 17.8 Å². The SMILES string of the molecule is CCn1c(-c2nonc2N)nc2c(C#CC(C)(C)O)nc(-c3ccc(N)cc3)cc21. The quantitative estimate of drug-likeness (QED) is 0.350. The van der Waals surface area contributed by atoms with E-state index < -0.39 is 5.60 Å². The predicted octanol–water partition coefficient (Wildman–Crippen LogP) is 2.46. The van der Waals surface area contributed by atoms with Gasteiger partial charge in [-0.2, -0.15) is 0 Å². The third kappa shape index (κ3) is 3.56. The van der Waals surface area contributed by atoms with Crippen molar-refractivity contribution in [3.63, 3.8) is 0 Å². The highest BCUT2D eigenvalue weighted by atomic mass is 16.6. The number of aromatic nitrogens is 5. The van der Waals surface area contributed by atoms with Crippen molar-refractivity contribution in [2.45, 2.75) is 32.9 Å². The van der Waals surface area contributed by atoms with Crippen LogP contribution in [0.4, 0.5) is 11.5 Å². The minimum Gasteiger partial charge on any atom is -0.399 e. The van der Waals surface area contributed by atoms with Gasteiger partial charge in [0.15, 0.2) is 17.3 Å². The van der Waals surface area contributed by atoms with Crippen molar-refractivity contribution in [1.29, 1.82) is 0 Å². The fraction of sp³-hybridized carbons (Fsp3) is 0.238. The fourth-order valence-corrected chi connectivity index (χ4v) is 3.07. The number of aliphatic hydroxyl groups is 1. The molecule has 0 aliphatic carbocycles. The average Bonchev–Trinajstić information content (AvgIpc) is 3.28. The number of imidazole rings is 1. The second-order valence-electron chi connectivity index (χ2n) is 7.33. The van der Waals surface area contributed by atoms with Crippen molar-refractivity contribution in [3.8, 4) is 34.6 Å². The molecule has 0 bridgehead atoms. The van der Waals surface area contributed by atoms with E-state index in [4.69, 9.17) is 26.1 Å². The molecular weight excluding hydrogens is 382 g/mol. The van der Waals surface area contributed by atoms with Gasteiger partial charge in [0.2, 0.25) is 0 Å². The number of anilines is 2. The summed E-state index contributed by atoms with van der Waals surface area (Å²) in [6.45, 7) is 5.80. The van der Waals surface area contributed by atoms with Gasteiger partial charge in [-0.1, -0.05) is 18.1 Å². The first-order chi connectivity index (χ1) is 14.3. The maximum absolute atomic E-state index is 10.1. The summed E-state index contributed by atoms with van der Waals surface area (Å²) in [5.41, 5.74) is 14.9. The number of nitrogen functional groups attached to an aromatic ring is 2. The summed E-state index contributed by atoms with van der Waals surface area (Å²) in [7, 11) is 0. The molecule has 0 spiro atoms. The van der Waals surface area contributed by atoms with Crippen LogP contribution in [0.5, 0.6) is 0 Å². The molecule has 0 aliphatic heterocycles. The number of fused-ring (bicyclic) bond motifs is 1. The number of nitrogens with two attached hydrogens (primary N) is 2. The molecule has 0 saturated heterocycles. The van der Waals surface area contributed by atoms with E-state index in [9.17, 15) is 5.11 Å². The van der Waals surface area contributed by atoms with Gasteiger partial charge >= 0.3 is 0 Å². The molecule has 3 aromatic heterocycles. The van der Waals surface area contributed by atoms with E-state index >= 15 is 0 Å². The smallest absolute Gasteiger partial charge is 0.199 e. The largest absolute Gasteiger partial charge is 0.399 e. The lowest BCUT2D eigenvalue weighted by Gasteiger charge is -2.08. The predicted molar refractivity (Wildman–Crippen MR) is 114 cm³/mol. The fourth-order valence-electron chi connectivity index (χ4n) is 3.07. The Bertz CT molecular complexity index is 1290. The van der Waals surface area contributed by atoms with E-state index in [2.05, 4.69) is 22.2 Å². The van der Waals surface area contributed by atoms with Gasteiger partial charge in [-0.05, 0) is 55.2 Å². The monoisotopic (exact) mass is 403 g/mol. The summed E-state index contributed by atoms with van der Waals surface area (Å²) in [5.74, 6) is 6.44. The molecule has 0 aliphatic rings. The lowest BCUT2D eigenvalue weighted by molar-refractivity contribution is 0.143. The lowest BCUT2D eigenvalue weighted by atomic mass is 10.1. The van der Waals surface area contributed by atoms with Crippen LogP contribution in [0.2, 0.25) is 0 Å². The molecule has 30 heavy (non-hydrogen) atoms. The summed E-state index contributed by atoms with van der Waals surface area (Å²) >= 11 is 0. The second kappa shape index (κ2) is 7.17. The van der Waals surface area contributed by atoms with Crippen molar-refractivity contribution < 1.29 is 9.74 Å². The molecule has 0 fully saturated rings. The number of aryl methyl sites for hydroxylation is 1. The Morgan fingerprint density at radius 3 is 2.47 bits per heavy atom. The zero-order valence-corrected chi connectivity index (χ0v) is 16.8. The van der Waals surface area contributed by atoms with Crippen molar-refractivity contribution in [2.24, 2.45) is 0 Å². The Kier molecular flexibility index (Phi) is 4.64. The number of benzene rings is 1. The third-order valence-corrected chi connectivity index (χ3v) is 4.47. The van der Waals surface area contributed by atoms with E-state index in [1.807, 2.05) is 41.8 Å². The summed E-state index contributed by atoms with van der Waals surface area (Å²) < 4.78 is 6.70. The molecule has 1 aromatic carbocycles. The third-order valence-electron chi connectivity index (χ3n) is 4.47. The van der Waals surface area contributed by atoms with Crippen LogP contribution in [0.3, 0.4) is 0 Å². The minimum absolute atomic E-state index is 0.149. The van der Waals surface area contributed by atoms with E-state index in [1.54, 1.807) is 13.8 Å². The highest BCUT2D eigenvalue weighted by molar-refractivity contribution is 5.88. The molecule has 0 atom stereocenters. The molecule has 0 radical (unpaired) electrons. The highest BCUT2D eigenvalue weighted by Crippen LogP contribution is 2.30. The zero-order chi connectivity index (χ0) is 21.5. The maximum Gasteiger partial charge on any atom is 0.199 e. The van der Waals surface area contributed by atoms with Crippen molar-refractivity contribution >= 4 is 22.5 Å². The second-order valence-corrected chi connectivity index (χ2v) is 7.33. The molecule has 0 amide bonds. The van der Waals surface area contributed by atoms with Crippen LogP contribution in [0.25, 0.3) is 33.8 Å². The van der Waals surface area contributed by atoms with E-state index in [-0.39, 0.29) is 5.82 Å². The first kappa shape index (κ1) is 19.4. The molecular formula is C21H21N7O2. The van der Waals surface area contributed by atoms with Gasteiger partial charge in [0.05, 0.1) is 11.2 Å². The maximum atomic E-state index is 10.1. The van der Waals surface area contributed by atoms with Crippen LogP contribution >= 0.6 is 0 Å². The van der Waals surface area contributed by atoms with Crippen LogP contribution in [-0.2, 0) is 6.54 Å². The van der Waals surface area contributed by atoms with Crippen LogP contribution in [0, 0.1) is 11.8 Å². The van der Waals surface area contributed by atoms with Gasteiger partial charge in [-0.3, -0.25) is 0 Å². The topological polar surface area (TPSA) is 142 Å².